The second kappa shape index (κ2) is 11.9. The number of carboxylic acid groups (broad SMARTS) is 1. The molecule has 2 aromatic rings. The van der Waals surface area contributed by atoms with E-state index in [0.29, 0.717) is 12.1 Å². The standard InChI is InChI=1S/C27H33FN2O4/c1-4-21(5-2)34-25-15-20(27(32)33)14-24(26(25)30-17(3)31)29-16-18-11-12-22(23(28)13-18)19-9-7-6-8-10-19/h6-13,15,21,24-26,29H,4-5,14,16H2,1-3H3,(H,30,31)(H,32,33)/t24-,25+,26+/m0/s1. The largest absolute Gasteiger partial charge is 0.478 e. The summed E-state index contributed by atoms with van der Waals surface area (Å²) in [6.07, 6.45) is 2.75. The molecule has 0 saturated heterocycles. The molecule has 0 aliphatic heterocycles. The van der Waals surface area contributed by atoms with E-state index in [1.807, 2.05) is 50.2 Å². The number of hydrogen-bond donors (Lipinski definition) is 3. The van der Waals surface area contributed by atoms with Crippen LogP contribution in [-0.4, -0.2) is 41.3 Å². The van der Waals surface area contributed by atoms with Gasteiger partial charge in [0, 0.05) is 30.6 Å². The van der Waals surface area contributed by atoms with Gasteiger partial charge >= 0.3 is 5.97 Å². The topological polar surface area (TPSA) is 87.7 Å². The Morgan fingerprint density at radius 3 is 2.44 bits per heavy atom. The average Bonchev–Trinajstić information content (AvgIpc) is 2.82. The lowest BCUT2D eigenvalue weighted by Crippen LogP contribution is -2.58. The van der Waals surface area contributed by atoms with Gasteiger partial charge in [0.15, 0.2) is 0 Å². The number of halogens is 1. The number of ether oxygens (including phenoxy) is 1. The summed E-state index contributed by atoms with van der Waals surface area (Å²) in [5.41, 5.74) is 2.28. The van der Waals surface area contributed by atoms with Crippen molar-refractivity contribution < 1.29 is 23.8 Å². The Labute approximate surface area is 200 Å². The van der Waals surface area contributed by atoms with E-state index in [1.54, 1.807) is 12.1 Å². The molecule has 3 atom stereocenters. The predicted molar refractivity (Wildman–Crippen MR) is 130 cm³/mol. The molecule has 1 amide bonds. The van der Waals surface area contributed by atoms with E-state index in [1.165, 1.54) is 13.0 Å². The molecule has 7 heteroatoms. The molecule has 1 aliphatic rings. The first-order valence-electron chi connectivity index (χ1n) is 11.8. The van der Waals surface area contributed by atoms with Crippen LogP contribution in [0.25, 0.3) is 11.1 Å². The van der Waals surface area contributed by atoms with Gasteiger partial charge in [-0.1, -0.05) is 56.3 Å². The monoisotopic (exact) mass is 468 g/mol. The molecule has 0 radical (unpaired) electrons. The van der Waals surface area contributed by atoms with Crippen molar-refractivity contribution in [3.63, 3.8) is 0 Å². The molecular formula is C27H33FN2O4. The highest BCUT2D eigenvalue weighted by atomic mass is 19.1. The van der Waals surface area contributed by atoms with Gasteiger partial charge in [-0.25, -0.2) is 9.18 Å². The SMILES string of the molecule is CCC(CC)O[C@@H]1C=C(C(=O)O)C[C@H](NCc2ccc(-c3ccccc3)c(F)c2)[C@H]1NC(C)=O. The molecule has 2 aromatic carbocycles. The number of hydrogen-bond acceptors (Lipinski definition) is 4. The third kappa shape index (κ3) is 6.52. The van der Waals surface area contributed by atoms with Gasteiger partial charge in [0.05, 0.1) is 18.2 Å². The molecule has 0 spiro atoms. The highest BCUT2D eigenvalue weighted by Crippen LogP contribution is 2.26. The molecule has 0 saturated carbocycles. The Kier molecular flexibility index (Phi) is 8.96. The third-order valence-corrected chi connectivity index (χ3v) is 6.18. The van der Waals surface area contributed by atoms with Gasteiger partial charge in [-0.2, -0.15) is 0 Å². The van der Waals surface area contributed by atoms with E-state index in [9.17, 15) is 19.1 Å². The second-order valence-electron chi connectivity index (χ2n) is 8.63. The fraction of sp³-hybridized carbons (Fsp3) is 0.407. The molecule has 3 rings (SSSR count). The van der Waals surface area contributed by atoms with Crippen molar-refractivity contribution in [1.82, 2.24) is 10.6 Å². The van der Waals surface area contributed by atoms with E-state index in [0.717, 1.165) is 24.0 Å². The van der Waals surface area contributed by atoms with Gasteiger partial charge in [-0.3, -0.25) is 4.79 Å². The van der Waals surface area contributed by atoms with Crippen molar-refractivity contribution >= 4 is 11.9 Å². The van der Waals surface area contributed by atoms with Gasteiger partial charge in [0.2, 0.25) is 5.91 Å². The van der Waals surface area contributed by atoms with Crippen molar-refractivity contribution in [1.29, 1.82) is 0 Å². The molecule has 0 heterocycles. The molecule has 1 aliphatic carbocycles. The molecule has 0 aromatic heterocycles. The first kappa shape index (κ1) is 25.6. The normalized spacial score (nSPS) is 20.1. The fourth-order valence-corrected chi connectivity index (χ4v) is 4.33. The summed E-state index contributed by atoms with van der Waals surface area (Å²) in [4.78, 5) is 23.8. The summed E-state index contributed by atoms with van der Waals surface area (Å²) in [7, 11) is 0. The van der Waals surface area contributed by atoms with E-state index >= 15 is 0 Å². The van der Waals surface area contributed by atoms with Crippen LogP contribution in [0.15, 0.2) is 60.2 Å². The number of carbonyl (C=O) groups is 2. The minimum absolute atomic E-state index is 0.0501. The van der Waals surface area contributed by atoms with Crippen molar-refractivity contribution in [2.24, 2.45) is 0 Å². The van der Waals surface area contributed by atoms with Crippen molar-refractivity contribution in [3.8, 4) is 11.1 Å². The van der Waals surface area contributed by atoms with Gasteiger partial charge in [0.1, 0.15) is 5.82 Å². The van der Waals surface area contributed by atoms with Crippen LogP contribution in [0.4, 0.5) is 4.39 Å². The molecule has 0 unspecified atom stereocenters. The number of benzene rings is 2. The Morgan fingerprint density at radius 1 is 1.15 bits per heavy atom. The first-order valence-corrected chi connectivity index (χ1v) is 11.8. The average molecular weight is 469 g/mol. The van der Waals surface area contributed by atoms with Crippen LogP contribution in [0.1, 0.15) is 45.6 Å². The van der Waals surface area contributed by atoms with Crippen molar-refractivity contribution in [2.45, 2.75) is 70.9 Å². The lowest BCUT2D eigenvalue weighted by atomic mass is 9.87. The van der Waals surface area contributed by atoms with Gasteiger partial charge in [-0.15, -0.1) is 0 Å². The Bertz CT molecular complexity index is 1020. The van der Waals surface area contributed by atoms with E-state index in [-0.39, 0.29) is 29.8 Å². The zero-order chi connectivity index (χ0) is 24.7. The quantitative estimate of drug-likeness (QED) is 0.480. The summed E-state index contributed by atoms with van der Waals surface area (Å²) in [6.45, 7) is 5.77. The maximum absolute atomic E-state index is 14.8. The van der Waals surface area contributed by atoms with Crippen LogP contribution in [0.3, 0.4) is 0 Å². The predicted octanol–water partition coefficient (Wildman–Crippen LogP) is 4.44. The lowest BCUT2D eigenvalue weighted by Gasteiger charge is -2.38. The molecule has 3 N–H and O–H groups in total. The zero-order valence-corrected chi connectivity index (χ0v) is 19.9. The minimum atomic E-state index is -1.01. The number of carboxylic acids is 1. The number of rotatable bonds is 10. The Balaban J connectivity index is 1.80. The number of aliphatic carboxylic acids is 1. The summed E-state index contributed by atoms with van der Waals surface area (Å²) in [5, 5.41) is 15.9. The number of carbonyl (C=O) groups excluding carboxylic acids is 1. The second-order valence-corrected chi connectivity index (χ2v) is 8.63. The molecule has 34 heavy (non-hydrogen) atoms. The van der Waals surface area contributed by atoms with Gasteiger partial charge < -0.3 is 20.5 Å². The van der Waals surface area contributed by atoms with Gasteiger partial charge in [0.25, 0.3) is 0 Å². The van der Waals surface area contributed by atoms with Crippen LogP contribution in [0, 0.1) is 5.82 Å². The minimum Gasteiger partial charge on any atom is -0.478 e. The van der Waals surface area contributed by atoms with Crippen LogP contribution in [0.2, 0.25) is 0 Å². The van der Waals surface area contributed by atoms with Crippen LogP contribution < -0.4 is 10.6 Å². The Morgan fingerprint density at radius 2 is 1.85 bits per heavy atom. The molecular weight excluding hydrogens is 435 g/mol. The van der Waals surface area contributed by atoms with E-state index in [2.05, 4.69) is 10.6 Å². The fourth-order valence-electron chi connectivity index (χ4n) is 4.33. The Hall–Kier alpha value is -3.03. The molecule has 0 bridgehead atoms. The number of nitrogens with one attached hydrogen (secondary N) is 2. The third-order valence-electron chi connectivity index (χ3n) is 6.18. The highest BCUT2D eigenvalue weighted by molar-refractivity contribution is 5.87. The first-order chi connectivity index (χ1) is 16.3. The van der Waals surface area contributed by atoms with Crippen molar-refractivity contribution in [3.05, 3.63) is 71.6 Å². The van der Waals surface area contributed by atoms with Crippen LogP contribution >= 0.6 is 0 Å². The zero-order valence-electron chi connectivity index (χ0n) is 19.9. The van der Waals surface area contributed by atoms with Gasteiger partial charge in [-0.05, 0) is 42.5 Å². The molecule has 0 fully saturated rings. The summed E-state index contributed by atoms with van der Waals surface area (Å²) in [5.74, 6) is -1.56. The maximum atomic E-state index is 14.8. The summed E-state index contributed by atoms with van der Waals surface area (Å²) >= 11 is 0. The number of amides is 1. The van der Waals surface area contributed by atoms with Crippen LogP contribution in [0.5, 0.6) is 0 Å². The highest BCUT2D eigenvalue weighted by Gasteiger charge is 2.37. The molecule has 6 nitrogen and oxygen atoms in total. The smallest absolute Gasteiger partial charge is 0.331 e. The molecule has 182 valence electrons. The van der Waals surface area contributed by atoms with Crippen LogP contribution in [-0.2, 0) is 20.9 Å². The maximum Gasteiger partial charge on any atom is 0.331 e. The summed E-state index contributed by atoms with van der Waals surface area (Å²) < 4.78 is 21.0. The lowest BCUT2D eigenvalue weighted by molar-refractivity contribution is -0.133. The van der Waals surface area contributed by atoms with Crippen molar-refractivity contribution in [2.75, 3.05) is 0 Å². The summed E-state index contributed by atoms with van der Waals surface area (Å²) in [6, 6.07) is 13.6. The van der Waals surface area contributed by atoms with E-state index < -0.39 is 24.2 Å². The van der Waals surface area contributed by atoms with E-state index in [4.69, 9.17) is 4.74 Å².